The van der Waals surface area contributed by atoms with Crippen LogP contribution < -0.4 is 5.32 Å². The molecule has 0 saturated carbocycles. The van der Waals surface area contributed by atoms with Crippen molar-refractivity contribution in [2.24, 2.45) is 5.92 Å². The number of furan rings is 1. The number of carbonyl (C=O) groups is 1. The van der Waals surface area contributed by atoms with Gasteiger partial charge >= 0.3 is 0 Å². The zero-order valence-corrected chi connectivity index (χ0v) is 16.8. The summed E-state index contributed by atoms with van der Waals surface area (Å²) in [7, 11) is 0. The number of hydrogen-bond donors (Lipinski definition) is 1. The summed E-state index contributed by atoms with van der Waals surface area (Å²) < 4.78 is 7.50. The fourth-order valence-corrected chi connectivity index (χ4v) is 3.53. The second-order valence-corrected chi connectivity index (χ2v) is 8.21. The predicted octanol–water partition coefficient (Wildman–Crippen LogP) is 4.62. The Labute approximate surface area is 163 Å². The zero-order chi connectivity index (χ0) is 19.4. The molecule has 1 N–H and O–H groups in total. The van der Waals surface area contributed by atoms with Crippen LogP contribution in [0.25, 0.3) is 11.6 Å². The third-order valence-corrected chi connectivity index (χ3v) is 5.02. The molecule has 3 rings (SSSR count). The highest BCUT2D eigenvalue weighted by Crippen LogP contribution is 2.28. The molecule has 3 aromatic rings. The summed E-state index contributed by atoms with van der Waals surface area (Å²) >= 11 is 1.40. The van der Waals surface area contributed by atoms with Crippen molar-refractivity contribution < 1.29 is 9.21 Å². The van der Waals surface area contributed by atoms with Gasteiger partial charge < -0.3 is 9.73 Å². The van der Waals surface area contributed by atoms with E-state index in [1.54, 1.807) is 6.26 Å². The van der Waals surface area contributed by atoms with Crippen LogP contribution in [0, 0.1) is 12.8 Å². The number of nitrogens with one attached hydrogen (secondary N) is 1. The molecular weight excluding hydrogens is 360 g/mol. The molecule has 0 aliphatic carbocycles. The lowest BCUT2D eigenvalue weighted by atomic mass is 10.2. The van der Waals surface area contributed by atoms with E-state index in [-0.39, 0.29) is 11.2 Å². The van der Waals surface area contributed by atoms with E-state index in [1.165, 1.54) is 11.8 Å². The average Bonchev–Trinajstić information content (AvgIpc) is 3.25. The van der Waals surface area contributed by atoms with Crippen LogP contribution in [0.2, 0.25) is 0 Å². The molecule has 0 spiro atoms. The molecule has 142 valence electrons. The highest BCUT2D eigenvalue weighted by Gasteiger charge is 2.22. The van der Waals surface area contributed by atoms with E-state index >= 15 is 0 Å². The van der Waals surface area contributed by atoms with Crippen molar-refractivity contribution in [3.05, 3.63) is 48.2 Å². The summed E-state index contributed by atoms with van der Waals surface area (Å²) in [6, 6.07) is 11.5. The Balaban J connectivity index is 1.77. The minimum Gasteiger partial charge on any atom is -0.461 e. The van der Waals surface area contributed by atoms with Gasteiger partial charge in [-0.1, -0.05) is 37.7 Å². The Morgan fingerprint density at radius 2 is 2.04 bits per heavy atom. The number of amides is 1. The SMILES string of the molecule is Cc1cccc(NC(=O)C(C)Sc2nnc(-c3ccco3)n2CC(C)C)c1. The number of benzene rings is 1. The molecule has 0 saturated heterocycles. The average molecular weight is 385 g/mol. The van der Waals surface area contributed by atoms with Gasteiger partial charge in [0.05, 0.1) is 11.5 Å². The number of aryl methyl sites for hydroxylation is 1. The van der Waals surface area contributed by atoms with Gasteiger partial charge in [0.25, 0.3) is 0 Å². The first-order chi connectivity index (χ1) is 12.9. The van der Waals surface area contributed by atoms with Gasteiger partial charge in [0, 0.05) is 12.2 Å². The molecule has 0 bridgehead atoms. The highest BCUT2D eigenvalue weighted by atomic mass is 32.2. The number of thioether (sulfide) groups is 1. The molecule has 0 radical (unpaired) electrons. The van der Waals surface area contributed by atoms with Crippen LogP contribution in [0.15, 0.2) is 52.2 Å². The lowest BCUT2D eigenvalue weighted by Gasteiger charge is -2.15. The molecule has 2 heterocycles. The lowest BCUT2D eigenvalue weighted by Crippen LogP contribution is -2.23. The summed E-state index contributed by atoms with van der Waals surface area (Å²) in [6.07, 6.45) is 1.62. The van der Waals surface area contributed by atoms with Crippen LogP contribution in [0.4, 0.5) is 5.69 Å². The van der Waals surface area contributed by atoms with Crippen LogP contribution in [-0.4, -0.2) is 25.9 Å². The minimum absolute atomic E-state index is 0.0655. The first-order valence-corrected chi connectivity index (χ1v) is 9.83. The van der Waals surface area contributed by atoms with Gasteiger partial charge in [-0.3, -0.25) is 9.36 Å². The molecule has 0 aliphatic heterocycles. The van der Waals surface area contributed by atoms with Crippen LogP contribution in [-0.2, 0) is 11.3 Å². The Morgan fingerprint density at radius 3 is 2.70 bits per heavy atom. The summed E-state index contributed by atoms with van der Waals surface area (Å²) in [4.78, 5) is 12.6. The molecular formula is C20H24N4O2S. The van der Waals surface area contributed by atoms with Crippen molar-refractivity contribution in [1.29, 1.82) is 0 Å². The van der Waals surface area contributed by atoms with Gasteiger partial charge in [-0.05, 0) is 49.6 Å². The van der Waals surface area contributed by atoms with Gasteiger partial charge in [0.15, 0.2) is 16.7 Å². The normalized spacial score (nSPS) is 12.3. The first-order valence-electron chi connectivity index (χ1n) is 8.95. The first kappa shape index (κ1) is 19.2. The standard InChI is InChI=1S/C20H24N4O2S/c1-13(2)12-24-18(17-9-6-10-26-17)22-23-20(24)27-15(4)19(25)21-16-8-5-7-14(3)11-16/h5-11,13,15H,12H2,1-4H3,(H,21,25). The quantitative estimate of drug-likeness (QED) is 0.602. The van der Waals surface area contributed by atoms with E-state index in [0.717, 1.165) is 17.8 Å². The summed E-state index contributed by atoms with van der Waals surface area (Å²) in [5.41, 5.74) is 1.90. The number of aromatic nitrogens is 3. The molecule has 0 fully saturated rings. The molecule has 27 heavy (non-hydrogen) atoms. The summed E-state index contributed by atoms with van der Waals surface area (Å²) in [5.74, 6) is 1.70. The second-order valence-electron chi connectivity index (χ2n) is 6.91. The van der Waals surface area contributed by atoms with Gasteiger partial charge in [-0.15, -0.1) is 10.2 Å². The van der Waals surface area contributed by atoms with Crippen molar-refractivity contribution in [3.8, 4) is 11.6 Å². The highest BCUT2D eigenvalue weighted by molar-refractivity contribution is 8.00. The smallest absolute Gasteiger partial charge is 0.237 e. The number of hydrogen-bond acceptors (Lipinski definition) is 5. The predicted molar refractivity (Wildman–Crippen MR) is 108 cm³/mol. The molecule has 7 heteroatoms. The maximum Gasteiger partial charge on any atom is 0.237 e. The van der Waals surface area contributed by atoms with Crippen LogP contribution in [0.5, 0.6) is 0 Å². The number of rotatable bonds is 7. The van der Waals surface area contributed by atoms with Crippen LogP contribution in [0.1, 0.15) is 26.3 Å². The number of carbonyl (C=O) groups excluding carboxylic acids is 1. The zero-order valence-electron chi connectivity index (χ0n) is 16.0. The van der Waals surface area contributed by atoms with Gasteiger partial charge in [-0.2, -0.15) is 0 Å². The van der Waals surface area contributed by atoms with Crippen molar-refractivity contribution in [3.63, 3.8) is 0 Å². The van der Waals surface area contributed by atoms with Crippen molar-refractivity contribution in [2.75, 3.05) is 5.32 Å². The lowest BCUT2D eigenvalue weighted by molar-refractivity contribution is -0.115. The molecule has 6 nitrogen and oxygen atoms in total. The monoisotopic (exact) mass is 384 g/mol. The summed E-state index contributed by atoms with van der Waals surface area (Å²) in [6.45, 7) is 8.88. The molecule has 2 aromatic heterocycles. The van der Waals surface area contributed by atoms with Crippen LogP contribution >= 0.6 is 11.8 Å². The van der Waals surface area contributed by atoms with Crippen molar-refractivity contribution in [2.45, 2.75) is 44.6 Å². The van der Waals surface area contributed by atoms with E-state index < -0.39 is 0 Å². The van der Waals surface area contributed by atoms with E-state index in [1.807, 2.05) is 54.8 Å². The fourth-order valence-electron chi connectivity index (χ4n) is 2.67. The van der Waals surface area contributed by atoms with Crippen molar-refractivity contribution >= 4 is 23.4 Å². The van der Waals surface area contributed by atoms with E-state index in [9.17, 15) is 4.79 Å². The Morgan fingerprint density at radius 1 is 1.22 bits per heavy atom. The number of nitrogens with zero attached hydrogens (tertiary/aromatic N) is 3. The van der Waals surface area contributed by atoms with Gasteiger partial charge in [0.1, 0.15) is 0 Å². The molecule has 1 unspecified atom stereocenters. The third kappa shape index (κ3) is 4.80. The van der Waals surface area contributed by atoms with E-state index in [0.29, 0.717) is 22.7 Å². The molecule has 1 atom stereocenters. The second kappa shape index (κ2) is 8.43. The molecule has 1 aromatic carbocycles. The Kier molecular flexibility index (Phi) is 6.01. The largest absolute Gasteiger partial charge is 0.461 e. The maximum atomic E-state index is 12.6. The minimum atomic E-state index is -0.315. The fraction of sp³-hybridized carbons (Fsp3) is 0.350. The van der Waals surface area contributed by atoms with Gasteiger partial charge in [-0.25, -0.2) is 0 Å². The molecule has 0 aliphatic rings. The van der Waals surface area contributed by atoms with E-state index in [4.69, 9.17) is 4.42 Å². The third-order valence-electron chi connectivity index (χ3n) is 3.94. The molecule has 1 amide bonds. The maximum absolute atomic E-state index is 12.6. The topological polar surface area (TPSA) is 73.0 Å². The number of anilines is 1. The van der Waals surface area contributed by atoms with Crippen molar-refractivity contribution in [1.82, 2.24) is 14.8 Å². The van der Waals surface area contributed by atoms with E-state index in [2.05, 4.69) is 29.4 Å². The van der Waals surface area contributed by atoms with Gasteiger partial charge in [0.2, 0.25) is 5.91 Å². The Bertz CT molecular complexity index is 903. The van der Waals surface area contributed by atoms with Crippen LogP contribution in [0.3, 0.4) is 0 Å². The Hall–Kier alpha value is -2.54. The summed E-state index contributed by atoms with van der Waals surface area (Å²) in [5, 5.41) is 11.9.